The number of nitrogens with zero attached hydrogens (tertiary/aromatic N) is 1. The van der Waals surface area contributed by atoms with Gasteiger partial charge in [0.1, 0.15) is 6.61 Å². The van der Waals surface area contributed by atoms with Gasteiger partial charge < -0.3 is 15.0 Å². The Morgan fingerprint density at radius 3 is 2.52 bits per heavy atom. The molecule has 5 nitrogen and oxygen atoms in total. The van der Waals surface area contributed by atoms with E-state index in [1.165, 1.54) is 12.7 Å². The summed E-state index contributed by atoms with van der Waals surface area (Å²) in [5, 5.41) is 3.12. The van der Waals surface area contributed by atoms with Gasteiger partial charge in [-0.1, -0.05) is 54.1 Å². The number of aryl methyl sites for hydroxylation is 1. The zero-order chi connectivity index (χ0) is 22.4. The molecule has 2 aromatic carbocycles. The normalized spacial score (nSPS) is 18.8. The van der Waals surface area contributed by atoms with Crippen molar-refractivity contribution in [3.05, 3.63) is 59.7 Å². The van der Waals surface area contributed by atoms with Gasteiger partial charge in [-0.2, -0.15) is 0 Å². The number of hydrogen-bond acceptors (Lipinski definition) is 3. The topological polar surface area (TPSA) is 58.6 Å². The molecule has 1 N–H and O–H groups in total. The van der Waals surface area contributed by atoms with E-state index in [2.05, 4.69) is 48.6 Å². The van der Waals surface area contributed by atoms with Crippen LogP contribution in [0.4, 0.5) is 0 Å². The van der Waals surface area contributed by atoms with Gasteiger partial charge in [0.15, 0.2) is 0 Å². The third kappa shape index (κ3) is 5.53. The molecule has 0 aromatic heterocycles. The van der Waals surface area contributed by atoms with Crippen molar-refractivity contribution < 1.29 is 14.3 Å². The number of methoxy groups -OCH3 is 1. The van der Waals surface area contributed by atoms with Crippen LogP contribution in [0.1, 0.15) is 37.8 Å². The average molecular weight is 423 g/mol. The summed E-state index contributed by atoms with van der Waals surface area (Å²) >= 11 is 0. The molecule has 31 heavy (non-hydrogen) atoms. The predicted molar refractivity (Wildman–Crippen MR) is 124 cm³/mol. The maximum atomic E-state index is 13.5. The maximum absolute atomic E-state index is 13.5. The van der Waals surface area contributed by atoms with Gasteiger partial charge >= 0.3 is 0 Å². The lowest BCUT2D eigenvalue weighted by molar-refractivity contribution is -0.144. The van der Waals surface area contributed by atoms with Crippen molar-refractivity contribution in [2.75, 3.05) is 26.8 Å². The Hall–Kier alpha value is -2.66. The van der Waals surface area contributed by atoms with Crippen molar-refractivity contribution in [3.8, 4) is 11.1 Å². The molecule has 2 amide bonds. The highest BCUT2D eigenvalue weighted by molar-refractivity contribution is 5.86. The first-order valence-corrected chi connectivity index (χ1v) is 11.1. The van der Waals surface area contributed by atoms with Crippen LogP contribution < -0.4 is 5.32 Å². The molecule has 1 saturated heterocycles. The van der Waals surface area contributed by atoms with Crippen molar-refractivity contribution in [1.82, 2.24) is 10.2 Å². The van der Waals surface area contributed by atoms with Gasteiger partial charge in [-0.05, 0) is 56.7 Å². The molecule has 0 spiro atoms. The van der Waals surface area contributed by atoms with E-state index in [1.54, 1.807) is 4.90 Å². The summed E-state index contributed by atoms with van der Waals surface area (Å²) in [5.74, 6) is -0.0353. The highest BCUT2D eigenvalue weighted by Gasteiger charge is 2.44. The second-order valence-electron chi connectivity index (χ2n) is 8.96. The highest BCUT2D eigenvalue weighted by Crippen LogP contribution is 2.37. The monoisotopic (exact) mass is 422 g/mol. The number of ether oxygens (including phenoxy) is 1. The van der Waals surface area contributed by atoms with E-state index in [9.17, 15) is 9.59 Å². The van der Waals surface area contributed by atoms with Crippen LogP contribution >= 0.6 is 0 Å². The molecule has 1 atom stereocenters. The lowest BCUT2D eigenvalue weighted by atomic mass is 9.73. The van der Waals surface area contributed by atoms with Crippen molar-refractivity contribution in [1.29, 1.82) is 0 Å². The fourth-order valence-corrected chi connectivity index (χ4v) is 4.44. The van der Waals surface area contributed by atoms with Crippen LogP contribution in [0.5, 0.6) is 0 Å². The van der Waals surface area contributed by atoms with Gasteiger partial charge in [0.25, 0.3) is 0 Å². The Kier molecular flexibility index (Phi) is 7.50. The molecule has 1 aliphatic heterocycles. The summed E-state index contributed by atoms with van der Waals surface area (Å²) in [6, 6.07) is 16.8. The summed E-state index contributed by atoms with van der Waals surface area (Å²) in [6.45, 7) is 7.15. The molecule has 1 fully saturated rings. The molecule has 1 heterocycles. The van der Waals surface area contributed by atoms with Crippen LogP contribution in [0, 0.1) is 12.3 Å². The van der Waals surface area contributed by atoms with Crippen LogP contribution in [0.15, 0.2) is 48.5 Å². The van der Waals surface area contributed by atoms with E-state index < -0.39 is 5.41 Å². The fraction of sp³-hybridized carbons (Fsp3) is 0.462. The van der Waals surface area contributed by atoms with Crippen LogP contribution in [0.3, 0.4) is 0 Å². The maximum Gasteiger partial charge on any atom is 0.248 e. The Bertz CT molecular complexity index is 907. The fourth-order valence-electron chi connectivity index (χ4n) is 4.44. The highest BCUT2D eigenvalue weighted by atomic mass is 16.5. The van der Waals surface area contributed by atoms with Gasteiger partial charge in [0, 0.05) is 26.2 Å². The summed E-state index contributed by atoms with van der Waals surface area (Å²) < 4.78 is 5.06. The first kappa shape index (κ1) is 23.0. The van der Waals surface area contributed by atoms with E-state index in [0.717, 1.165) is 29.5 Å². The molecule has 166 valence electrons. The molecule has 5 heteroatoms. The zero-order valence-electron chi connectivity index (χ0n) is 19.1. The Labute approximate surface area is 185 Å². The van der Waals surface area contributed by atoms with Gasteiger partial charge in [-0.15, -0.1) is 0 Å². The predicted octanol–water partition coefficient (Wildman–Crippen LogP) is 3.98. The minimum Gasteiger partial charge on any atom is -0.375 e. The number of nitrogens with one attached hydrogen (secondary N) is 1. The summed E-state index contributed by atoms with van der Waals surface area (Å²) in [5.41, 5.74) is 3.97. The van der Waals surface area contributed by atoms with Crippen molar-refractivity contribution in [3.63, 3.8) is 0 Å². The molecule has 3 rings (SSSR count). The smallest absolute Gasteiger partial charge is 0.248 e. The van der Waals surface area contributed by atoms with Gasteiger partial charge in [-0.25, -0.2) is 0 Å². The molecular weight excluding hydrogens is 388 g/mol. The second kappa shape index (κ2) is 10.1. The Balaban J connectivity index is 1.97. The number of rotatable bonds is 7. The van der Waals surface area contributed by atoms with E-state index in [0.29, 0.717) is 19.5 Å². The minimum atomic E-state index is -0.660. The van der Waals surface area contributed by atoms with Crippen LogP contribution in [-0.2, 0) is 20.7 Å². The molecular formula is C26H34N2O3. The van der Waals surface area contributed by atoms with Crippen molar-refractivity contribution >= 4 is 11.8 Å². The molecule has 1 aliphatic rings. The number of amides is 2. The van der Waals surface area contributed by atoms with E-state index in [-0.39, 0.29) is 24.5 Å². The number of hydrogen-bond donors (Lipinski definition) is 1. The summed E-state index contributed by atoms with van der Waals surface area (Å²) in [7, 11) is 1.53. The number of likely N-dealkylation sites (tertiary alicyclic amines) is 1. The van der Waals surface area contributed by atoms with Gasteiger partial charge in [0.2, 0.25) is 11.8 Å². The number of carbonyl (C=O) groups is 2. The van der Waals surface area contributed by atoms with Crippen molar-refractivity contribution in [2.45, 2.75) is 46.1 Å². The molecule has 0 radical (unpaired) electrons. The first-order valence-electron chi connectivity index (χ1n) is 11.1. The quantitative estimate of drug-likeness (QED) is 0.734. The lowest BCUT2D eigenvalue weighted by Gasteiger charge is -2.42. The third-order valence-corrected chi connectivity index (χ3v) is 6.01. The SMILES string of the molecule is COCC(=O)N1CCCC(Cc2ccccc2-c2ccc(C)cc2)(C(=O)NC(C)C)C1. The van der Waals surface area contributed by atoms with Crippen LogP contribution in [0.25, 0.3) is 11.1 Å². The first-order chi connectivity index (χ1) is 14.8. The minimum absolute atomic E-state index is 0.0242. The standard InChI is InChI=1S/C26H34N2O3/c1-19(2)27-25(30)26(14-7-15-28(18-26)24(29)17-31-4)16-22-8-5-6-9-23(22)21-12-10-20(3)11-13-21/h5-6,8-13,19H,7,14-18H2,1-4H3,(H,27,30). The molecule has 0 bridgehead atoms. The molecule has 1 unspecified atom stereocenters. The van der Waals surface area contributed by atoms with Crippen molar-refractivity contribution in [2.24, 2.45) is 5.41 Å². The third-order valence-electron chi connectivity index (χ3n) is 6.01. The summed E-state index contributed by atoms with van der Waals surface area (Å²) in [4.78, 5) is 27.8. The van der Waals surface area contributed by atoms with E-state index in [4.69, 9.17) is 4.74 Å². The van der Waals surface area contributed by atoms with E-state index >= 15 is 0 Å². The van der Waals surface area contributed by atoms with Gasteiger partial charge in [-0.3, -0.25) is 9.59 Å². The Morgan fingerprint density at radius 2 is 1.84 bits per heavy atom. The molecule has 2 aromatic rings. The Morgan fingerprint density at radius 1 is 1.13 bits per heavy atom. The largest absolute Gasteiger partial charge is 0.375 e. The zero-order valence-corrected chi connectivity index (χ0v) is 19.1. The number of benzene rings is 2. The molecule has 0 aliphatic carbocycles. The van der Waals surface area contributed by atoms with E-state index in [1.807, 2.05) is 26.0 Å². The molecule has 0 saturated carbocycles. The lowest BCUT2D eigenvalue weighted by Crippen LogP contribution is -2.56. The average Bonchev–Trinajstić information content (AvgIpc) is 2.75. The number of piperidine rings is 1. The van der Waals surface area contributed by atoms with Crippen LogP contribution in [-0.4, -0.2) is 49.6 Å². The number of carbonyl (C=O) groups excluding carboxylic acids is 2. The second-order valence-corrected chi connectivity index (χ2v) is 8.96. The van der Waals surface area contributed by atoms with Crippen LogP contribution in [0.2, 0.25) is 0 Å². The van der Waals surface area contributed by atoms with Gasteiger partial charge in [0.05, 0.1) is 5.41 Å². The summed E-state index contributed by atoms with van der Waals surface area (Å²) in [6.07, 6.45) is 2.14.